The lowest BCUT2D eigenvalue weighted by atomic mass is 9.97. The molecule has 0 atom stereocenters. The van der Waals surface area contributed by atoms with Crippen LogP contribution in [0.1, 0.15) is 17.2 Å². The molecule has 98 valence electrons. The highest BCUT2D eigenvalue weighted by molar-refractivity contribution is 5.84. The summed E-state index contributed by atoms with van der Waals surface area (Å²) in [4.78, 5) is 6.24. The van der Waals surface area contributed by atoms with Crippen LogP contribution in [-0.4, -0.2) is 9.97 Å². The first-order valence-corrected chi connectivity index (χ1v) is 6.70. The Bertz CT molecular complexity index is 811. The molecule has 0 spiro atoms. The van der Waals surface area contributed by atoms with Gasteiger partial charge in [0.05, 0.1) is 6.04 Å². The van der Waals surface area contributed by atoms with Crippen molar-refractivity contribution in [1.82, 2.24) is 9.97 Å². The van der Waals surface area contributed by atoms with Crippen molar-refractivity contribution in [2.75, 3.05) is 0 Å². The Morgan fingerprint density at radius 1 is 0.650 bits per heavy atom. The molecular weight excluding hydrogens is 246 g/mol. The van der Waals surface area contributed by atoms with Crippen LogP contribution in [0, 0.1) is 0 Å². The fraction of sp³-hybridized carbons (Fsp3) is 0.0588. The van der Waals surface area contributed by atoms with Crippen LogP contribution in [0.5, 0.6) is 0 Å². The van der Waals surface area contributed by atoms with Crippen molar-refractivity contribution in [2.24, 2.45) is 5.73 Å². The summed E-state index contributed by atoms with van der Waals surface area (Å²) in [5, 5.41) is 4.81. The molecule has 2 aromatic carbocycles. The maximum absolute atomic E-state index is 6.42. The second-order valence-electron chi connectivity index (χ2n) is 5.17. The molecule has 4 aromatic rings. The SMILES string of the molecule is NC(c1ccc2c[nH]cc2c1)c1ccc2c[nH]cc2c1. The molecule has 4 rings (SSSR count). The molecule has 4 N–H and O–H groups in total. The normalized spacial score (nSPS) is 11.7. The second-order valence-corrected chi connectivity index (χ2v) is 5.17. The van der Waals surface area contributed by atoms with Crippen LogP contribution in [0.2, 0.25) is 0 Å². The summed E-state index contributed by atoms with van der Waals surface area (Å²) in [6, 6.07) is 12.6. The van der Waals surface area contributed by atoms with E-state index in [-0.39, 0.29) is 6.04 Å². The third-order valence-electron chi connectivity index (χ3n) is 3.90. The Balaban J connectivity index is 1.79. The number of H-pyrrole nitrogens is 2. The van der Waals surface area contributed by atoms with Crippen molar-refractivity contribution in [2.45, 2.75) is 6.04 Å². The van der Waals surface area contributed by atoms with Crippen molar-refractivity contribution >= 4 is 21.5 Å². The lowest BCUT2D eigenvalue weighted by Crippen LogP contribution is -2.11. The van der Waals surface area contributed by atoms with Crippen molar-refractivity contribution in [1.29, 1.82) is 0 Å². The van der Waals surface area contributed by atoms with E-state index >= 15 is 0 Å². The predicted molar refractivity (Wildman–Crippen MR) is 82.6 cm³/mol. The van der Waals surface area contributed by atoms with Crippen molar-refractivity contribution in [3.63, 3.8) is 0 Å². The monoisotopic (exact) mass is 261 g/mol. The first-order valence-electron chi connectivity index (χ1n) is 6.70. The molecule has 0 aliphatic rings. The molecule has 0 fully saturated rings. The molecule has 0 saturated carbocycles. The van der Waals surface area contributed by atoms with Gasteiger partial charge in [-0.05, 0) is 44.8 Å². The Morgan fingerprint density at radius 3 is 1.60 bits per heavy atom. The van der Waals surface area contributed by atoms with E-state index in [0.717, 1.165) is 11.1 Å². The average molecular weight is 261 g/mol. The van der Waals surface area contributed by atoms with Crippen LogP contribution in [0.25, 0.3) is 21.5 Å². The molecule has 2 aromatic heterocycles. The zero-order valence-corrected chi connectivity index (χ0v) is 10.9. The highest BCUT2D eigenvalue weighted by Crippen LogP contribution is 2.26. The zero-order chi connectivity index (χ0) is 13.5. The highest BCUT2D eigenvalue weighted by Gasteiger charge is 2.10. The average Bonchev–Trinajstić information content (AvgIpc) is 3.13. The van der Waals surface area contributed by atoms with Crippen LogP contribution < -0.4 is 5.73 Å². The first-order chi connectivity index (χ1) is 9.81. The number of rotatable bonds is 2. The van der Waals surface area contributed by atoms with Gasteiger partial charge in [-0.1, -0.05) is 24.3 Å². The number of hydrogen-bond acceptors (Lipinski definition) is 1. The Kier molecular flexibility index (Phi) is 2.41. The number of nitrogens with one attached hydrogen (secondary N) is 2. The molecule has 0 bridgehead atoms. The summed E-state index contributed by atoms with van der Waals surface area (Å²) in [6.45, 7) is 0. The van der Waals surface area contributed by atoms with Crippen LogP contribution in [0.4, 0.5) is 0 Å². The quantitative estimate of drug-likeness (QED) is 0.506. The number of aromatic nitrogens is 2. The van der Waals surface area contributed by atoms with Gasteiger partial charge in [-0.25, -0.2) is 0 Å². The van der Waals surface area contributed by atoms with E-state index in [1.54, 1.807) is 0 Å². The lowest BCUT2D eigenvalue weighted by molar-refractivity contribution is 0.875. The summed E-state index contributed by atoms with van der Waals surface area (Å²) in [7, 11) is 0. The lowest BCUT2D eigenvalue weighted by Gasteiger charge is -2.13. The Hall–Kier alpha value is -2.52. The number of fused-ring (bicyclic) bond motifs is 2. The molecule has 0 aliphatic heterocycles. The standard InChI is InChI=1S/C17H15N3/c18-17(11-1-3-13-7-19-9-15(13)5-11)12-2-4-14-8-20-10-16(14)6-12/h1-10,17,19-20H,18H2. The largest absolute Gasteiger partial charge is 0.366 e. The number of benzene rings is 2. The molecule has 0 unspecified atom stereocenters. The summed E-state index contributed by atoms with van der Waals surface area (Å²) < 4.78 is 0. The number of nitrogens with two attached hydrogens (primary N) is 1. The Labute approximate surface area is 116 Å². The highest BCUT2D eigenvalue weighted by atomic mass is 14.7. The van der Waals surface area contributed by atoms with Crippen molar-refractivity contribution in [3.05, 3.63) is 72.3 Å². The first kappa shape index (κ1) is 11.3. The molecule has 3 nitrogen and oxygen atoms in total. The summed E-state index contributed by atoms with van der Waals surface area (Å²) >= 11 is 0. The summed E-state index contributed by atoms with van der Waals surface area (Å²) in [6.07, 6.45) is 7.99. The van der Waals surface area contributed by atoms with Crippen LogP contribution in [-0.2, 0) is 0 Å². The predicted octanol–water partition coefficient (Wildman–Crippen LogP) is 3.70. The molecule has 20 heavy (non-hydrogen) atoms. The van der Waals surface area contributed by atoms with Gasteiger partial charge in [0.15, 0.2) is 0 Å². The van der Waals surface area contributed by atoms with Gasteiger partial charge in [0.25, 0.3) is 0 Å². The van der Waals surface area contributed by atoms with Crippen LogP contribution in [0.15, 0.2) is 61.2 Å². The minimum Gasteiger partial charge on any atom is -0.366 e. The minimum atomic E-state index is -0.103. The third-order valence-corrected chi connectivity index (χ3v) is 3.90. The maximum atomic E-state index is 6.42. The van der Waals surface area contributed by atoms with E-state index in [2.05, 4.69) is 46.4 Å². The van der Waals surface area contributed by atoms with E-state index in [0.29, 0.717) is 0 Å². The summed E-state index contributed by atoms with van der Waals surface area (Å²) in [5.74, 6) is 0. The van der Waals surface area contributed by atoms with Crippen molar-refractivity contribution in [3.8, 4) is 0 Å². The second kappa shape index (κ2) is 4.25. The molecular formula is C17H15N3. The minimum absolute atomic E-state index is 0.103. The maximum Gasteiger partial charge on any atom is 0.0552 e. The van der Waals surface area contributed by atoms with E-state index < -0.39 is 0 Å². The van der Waals surface area contributed by atoms with Gasteiger partial charge < -0.3 is 15.7 Å². The van der Waals surface area contributed by atoms with E-state index in [1.165, 1.54) is 21.5 Å². The zero-order valence-electron chi connectivity index (χ0n) is 10.9. The fourth-order valence-corrected chi connectivity index (χ4v) is 2.72. The van der Waals surface area contributed by atoms with Crippen molar-refractivity contribution < 1.29 is 0 Å². The molecule has 0 saturated heterocycles. The molecule has 0 radical (unpaired) electrons. The van der Waals surface area contributed by atoms with Crippen LogP contribution >= 0.6 is 0 Å². The molecule has 3 heteroatoms. The topological polar surface area (TPSA) is 57.6 Å². The van der Waals surface area contributed by atoms with Gasteiger partial charge in [-0.2, -0.15) is 0 Å². The fourth-order valence-electron chi connectivity index (χ4n) is 2.72. The Morgan fingerprint density at radius 2 is 1.10 bits per heavy atom. The molecule has 0 aliphatic carbocycles. The number of hydrogen-bond donors (Lipinski definition) is 3. The number of aromatic amines is 2. The van der Waals surface area contributed by atoms with Gasteiger partial charge in [0.1, 0.15) is 0 Å². The van der Waals surface area contributed by atoms with Gasteiger partial charge in [0, 0.05) is 24.8 Å². The third kappa shape index (κ3) is 1.72. The smallest absolute Gasteiger partial charge is 0.0552 e. The molecule has 2 heterocycles. The van der Waals surface area contributed by atoms with E-state index in [4.69, 9.17) is 5.73 Å². The van der Waals surface area contributed by atoms with Crippen LogP contribution in [0.3, 0.4) is 0 Å². The molecule has 0 amide bonds. The van der Waals surface area contributed by atoms with E-state index in [9.17, 15) is 0 Å². The van der Waals surface area contributed by atoms with E-state index in [1.807, 2.05) is 24.8 Å². The summed E-state index contributed by atoms with van der Waals surface area (Å²) in [5.41, 5.74) is 8.68. The van der Waals surface area contributed by atoms with Gasteiger partial charge in [0.2, 0.25) is 0 Å². The van der Waals surface area contributed by atoms with Gasteiger partial charge in [-0.15, -0.1) is 0 Å². The van der Waals surface area contributed by atoms with Gasteiger partial charge in [-0.3, -0.25) is 0 Å². The van der Waals surface area contributed by atoms with Gasteiger partial charge >= 0.3 is 0 Å².